The molecule has 0 bridgehead atoms. The van der Waals surface area contributed by atoms with E-state index in [2.05, 4.69) is 0 Å². The first-order chi connectivity index (χ1) is 8.90. The van der Waals surface area contributed by atoms with Gasteiger partial charge in [0, 0.05) is 18.7 Å². The number of carboxylic acid groups (broad SMARTS) is 1. The van der Waals surface area contributed by atoms with Gasteiger partial charge in [0.2, 0.25) is 11.8 Å². The lowest BCUT2D eigenvalue weighted by molar-refractivity contribution is -0.123. The number of primary amides is 1. The van der Waals surface area contributed by atoms with Crippen LogP contribution in [0.1, 0.15) is 22.3 Å². The van der Waals surface area contributed by atoms with Crippen LogP contribution in [-0.2, 0) is 9.59 Å². The molecule has 1 fully saturated rings. The van der Waals surface area contributed by atoms with Crippen molar-refractivity contribution in [1.82, 2.24) is 0 Å². The summed E-state index contributed by atoms with van der Waals surface area (Å²) in [7, 11) is 0. The first kappa shape index (κ1) is 13.1. The molecule has 19 heavy (non-hydrogen) atoms. The molecule has 3 N–H and O–H groups in total. The predicted molar refractivity (Wildman–Crippen MR) is 67.8 cm³/mol. The van der Waals surface area contributed by atoms with Gasteiger partial charge >= 0.3 is 5.97 Å². The number of aromatic carboxylic acids is 1. The van der Waals surface area contributed by atoms with E-state index in [1.54, 1.807) is 19.1 Å². The van der Waals surface area contributed by atoms with Crippen LogP contribution in [0, 0.1) is 12.8 Å². The van der Waals surface area contributed by atoms with E-state index in [9.17, 15) is 14.4 Å². The van der Waals surface area contributed by atoms with Crippen molar-refractivity contribution in [2.75, 3.05) is 11.4 Å². The summed E-state index contributed by atoms with van der Waals surface area (Å²) in [6.45, 7) is 1.89. The molecule has 0 aliphatic carbocycles. The number of hydrogen-bond acceptors (Lipinski definition) is 3. The van der Waals surface area contributed by atoms with Crippen molar-refractivity contribution >= 4 is 23.5 Å². The number of nitrogens with zero attached hydrogens (tertiary/aromatic N) is 1. The number of anilines is 1. The summed E-state index contributed by atoms with van der Waals surface area (Å²) < 4.78 is 0. The summed E-state index contributed by atoms with van der Waals surface area (Å²) in [6.07, 6.45) is 0.0750. The molecular weight excluding hydrogens is 248 g/mol. The quantitative estimate of drug-likeness (QED) is 0.829. The molecule has 6 nitrogen and oxygen atoms in total. The molecule has 1 saturated heterocycles. The smallest absolute Gasteiger partial charge is 0.336 e. The Morgan fingerprint density at radius 1 is 1.42 bits per heavy atom. The van der Waals surface area contributed by atoms with E-state index >= 15 is 0 Å². The largest absolute Gasteiger partial charge is 0.478 e. The van der Waals surface area contributed by atoms with Crippen molar-refractivity contribution < 1.29 is 19.5 Å². The standard InChI is InChI=1S/C13H14N2O4/c1-7-2-3-9(5-10(7)13(18)19)15-6-8(12(14)17)4-11(15)16/h2-3,5,8H,4,6H2,1H3,(H2,14,17)(H,18,19). The highest BCUT2D eigenvalue weighted by Crippen LogP contribution is 2.26. The van der Waals surface area contributed by atoms with Crippen LogP contribution in [0.15, 0.2) is 18.2 Å². The lowest BCUT2D eigenvalue weighted by Gasteiger charge is -2.17. The third-order valence-electron chi connectivity index (χ3n) is 3.29. The van der Waals surface area contributed by atoms with Crippen molar-refractivity contribution in [1.29, 1.82) is 0 Å². The SMILES string of the molecule is Cc1ccc(N2CC(C(N)=O)CC2=O)cc1C(=O)O. The molecule has 2 amide bonds. The van der Waals surface area contributed by atoms with Crippen molar-refractivity contribution in [2.45, 2.75) is 13.3 Å². The van der Waals surface area contributed by atoms with Crippen LogP contribution in [0.2, 0.25) is 0 Å². The molecule has 2 rings (SSSR count). The molecule has 1 atom stereocenters. The number of amides is 2. The van der Waals surface area contributed by atoms with Crippen LogP contribution in [0.3, 0.4) is 0 Å². The maximum absolute atomic E-state index is 11.8. The van der Waals surface area contributed by atoms with Crippen molar-refractivity contribution in [3.8, 4) is 0 Å². The zero-order chi connectivity index (χ0) is 14.2. The molecule has 1 aliphatic rings. The van der Waals surface area contributed by atoms with Gasteiger partial charge in [0.25, 0.3) is 0 Å². The molecule has 1 aromatic carbocycles. The fraction of sp³-hybridized carbons (Fsp3) is 0.308. The van der Waals surface area contributed by atoms with E-state index < -0.39 is 17.8 Å². The van der Waals surface area contributed by atoms with Crippen LogP contribution in [0.25, 0.3) is 0 Å². The average Bonchev–Trinajstić information content (AvgIpc) is 2.72. The van der Waals surface area contributed by atoms with E-state index in [0.29, 0.717) is 11.3 Å². The molecule has 0 aromatic heterocycles. The van der Waals surface area contributed by atoms with Crippen molar-refractivity contribution in [2.24, 2.45) is 11.7 Å². The number of hydrogen-bond donors (Lipinski definition) is 2. The number of nitrogens with two attached hydrogens (primary N) is 1. The number of rotatable bonds is 3. The second-order valence-electron chi connectivity index (χ2n) is 4.61. The Bertz CT molecular complexity index is 568. The molecule has 1 aromatic rings. The number of aryl methyl sites for hydroxylation is 1. The number of benzene rings is 1. The minimum atomic E-state index is -1.04. The van der Waals surface area contributed by atoms with Crippen LogP contribution >= 0.6 is 0 Å². The summed E-state index contributed by atoms with van der Waals surface area (Å²) >= 11 is 0. The maximum atomic E-state index is 11.8. The van der Waals surface area contributed by atoms with Gasteiger partial charge in [-0.25, -0.2) is 4.79 Å². The molecule has 1 heterocycles. The van der Waals surface area contributed by atoms with Gasteiger partial charge in [-0.2, -0.15) is 0 Å². The van der Waals surface area contributed by atoms with Gasteiger partial charge in [-0.05, 0) is 24.6 Å². The molecular formula is C13H14N2O4. The van der Waals surface area contributed by atoms with E-state index in [0.717, 1.165) is 0 Å². The van der Waals surface area contributed by atoms with E-state index in [-0.39, 0.29) is 24.4 Å². The summed E-state index contributed by atoms with van der Waals surface area (Å²) in [4.78, 5) is 35.4. The molecule has 1 aliphatic heterocycles. The van der Waals surface area contributed by atoms with Crippen LogP contribution < -0.4 is 10.6 Å². The Morgan fingerprint density at radius 3 is 2.63 bits per heavy atom. The Labute approximate surface area is 109 Å². The van der Waals surface area contributed by atoms with Gasteiger partial charge in [0.05, 0.1) is 11.5 Å². The Hall–Kier alpha value is -2.37. The molecule has 100 valence electrons. The van der Waals surface area contributed by atoms with Crippen LogP contribution in [0.5, 0.6) is 0 Å². The minimum Gasteiger partial charge on any atom is -0.478 e. The van der Waals surface area contributed by atoms with Crippen molar-refractivity contribution in [3.63, 3.8) is 0 Å². The van der Waals surface area contributed by atoms with Crippen LogP contribution in [-0.4, -0.2) is 29.4 Å². The topological polar surface area (TPSA) is 101 Å². The number of carbonyl (C=O) groups excluding carboxylic acids is 2. The predicted octanol–water partition coefficient (Wildman–Crippen LogP) is 0.531. The lowest BCUT2D eigenvalue weighted by Crippen LogP contribution is -2.28. The monoisotopic (exact) mass is 262 g/mol. The van der Waals surface area contributed by atoms with Gasteiger partial charge in [-0.1, -0.05) is 6.07 Å². The second-order valence-corrected chi connectivity index (χ2v) is 4.61. The summed E-state index contributed by atoms with van der Waals surface area (Å²) in [5, 5.41) is 9.06. The number of carboxylic acids is 1. The lowest BCUT2D eigenvalue weighted by atomic mass is 10.1. The van der Waals surface area contributed by atoms with Gasteiger partial charge in [-0.3, -0.25) is 9.59 Å². The molecule has 6 heteroatoms. The summed E-state index contributed by atoms with van der Waals surface area (Å²) in [5.41, 5.74) is 6.44. The van der Waals surface area contributed by atoms with Crippen LogP contribution in [0.4, 0.5) is 5.69 Å². The third kappa shape index (κ3) is 2.42. The summed E-state index contributed by atoms with van der Waals surface area (Å²) in [5.74, 6) is -2.29. The Morgan fingerprint density at radius 2 is 2.11 bits per heavy atom. The second kappa shape index (κ2) is 4.72. The zero-order valence-corrected chi connectivity index (χ0v) is 10.4. The van der Waals surface area contributed by atoms with Gasteiger partial charge in [0.1, 0.15) is 0 Å². The van der Waals surface area contributed by atoms with E-state index in [1.165, 1.54) is 11.0 Å². The van der Waals surface area contributed by atoms with Gasteiger partial charge in [0.15, 0.2) is 0 Å². The average molecular weight is 262 g/mol. The molecule has 0 spiro atoms. The molecule has 1 unspecified atom stereocenters. The van der Waals surface area contributed by atoms with Gasteiger partial charge < -0.3 is 15.7 Å². The van der Waals surface area contributed by atoms with E-state index in [4.69, 9.17) is 10.8 Å². The molecule has 0 radical (unpaired) electrons. The Kier molecular flexibility index (Phi) is 3.25. The first-order valence-corrected chi connectivity index (χ1v) is 5.83. The Balaban J connectivity index is 2.33. The zero-order valence-electron chi connectivity index (χ0n) is 10.4. The van der Waals surface area contributed by atoms with Crippen molar-refractivity contribution in [3.05, 3.63) is 29.3 Å². The fourth-order valence-corrected chi connectivity index (χ4v) is 2.16. The highest BCUT2D eigenvalue weighted by molar-refractivity contribution is 6.01. The minimum absolute atomic E-state index is 0.0750. The fourth-order valence-electron chi connectivity index (χ4n) is 2.16. The number of carbonyl (C=O) groups is 3. The normalized spacial score (nSPS) is 18.7. The first-order valence-electron chi connectivity index (χ1n) is 5.83. The van der Waals surface area contributed by atoms with Gasteiger partial charge in [-0.15, -0.1) is 0 Å². The molecule has 0 saturated carbocycles. The van der Waals surface area contributed by atoms with E-state index in [1.807, 2.05) is 0 Å². The third-order valence-corrected chi connectivity index (χ3v) is 3.29. The highest BCUT2D eigenvalue weighted by atomic mass is 16.4. The maximum Gasteiger partial charge on any atom is 0.336 e. The highest BCUT2D eigenvalue weighted by Gasteiger charge is 2.34. The summed E-state index contributed by atoms with van der Waals surface area (Å²) in [6, 6.07) is 4.76.